The topological polar surface area (TPSA) is 48.4 Å². The molecule has 178 valence electrons. The number of hydrogen-bond donors (Lipinski definition) is 1. The summed E-state index contributed by atoms with van der Waals surface area (Å²) in [6.07, 6.45) is 3.36. The molecule has 0 spiro atoms. The highest BCUT2D eigenvalue weighted by atomic mass is 16.5. The molecule has 0 atom stereocenters. The molecule has 0 saturated carbocycles. The number of anilines is 1. The molecule has 0 amide bonds. The minimum Gasteiger partial charge on any atom is -0.493 e. The van der Waals surface area contributed by atoms with Gasteiger partial charge in [-0.05, 0) is 35.1 Å². The monoisotopic (exact) mass is 471 g/mol. The van der Waals surface area contributed by atoms with Crippen LogP contribution in [-0.2, 0) is 0 Å². The molecule has 6 rings (SSSR count). The van der Waals surface area contributed by atoms with E-state index in [4.69, 9.17) is 14.9 Å². The van der Waals surface area contributed by atoms with E-state index < -0.39 is 0 Å². The lowest BCUT2D eigenvalue weighted by atomic mass is 9.90. The molecule has 0 aliphatic rings. The van der Waals surface area contributed by atoms with Crippen molar-refractivity contribution in [3.05, 3.63) is 97.1 Å². The molecule has 0 aliphatic heterocycles. The zero-order valence-corrected chi connectivity index (χ0v) is 20.5. The lowest BCUT2D eigenvalue weighted by Gasteiger charge is -2.17. The molecule has 2 N–H and O–H groups in total. The third kappa shape index (κ3) is 3.77. The average molecular weight is 472 g/mol. The molecular weight excluding hydrogens is 442 g/mol. The molecule has 0 fully saturated rings. The number of furan rings is 1. The summed E-state index contributed by atoms with van der Waals surface area (Å²) >= 11 is 0. The number of ether oxygens (including phenoxy) is 1. The van der Waals surface area contributed by atoms with Crippen molar-refractivity contribution in [3.63, 3.8) is 0 Å². The van der Waals surface area contributed by atoms with Gasteiger partial charge in [0.05, 0.1) is 6.61 Å². The van der Waals surface area contributed by atoms with E-state index in [-0.39, 0.29) is 0 Å². The summed E-state index contributed by atoms with van der Waals surface area (Å²) in [6.45, 7) is 2.89. The summed E-state index contributed by atoms with van der Waals surface area (Å²) in [5, 5.41) is 4.33. The predicted molar refractivity (Wildman–Crippen MR) is 152 cm³/mol. The molecule has 0 unspecified atom stereocenters. The van der Waals surface area contributed by atoms with E-state index in [1.165, 1.54) is 6.42 Å². The van der Waals surface area contributed by atoms with Crippen LogP contribution in [0.2, 0.25) is 0 Å². The van der Waals surface area contributed by atoms with E-state index in [2.05, 4.69) is 79.7 Å². The van der Waals surface area contributed by atoms with Crippen LogP contribution in [0, 0.1) is 0 Å². The fraction of sp³-hybridized carbons (Fsp3) is 0.152. The van der Waals surface area contributed by atoms with Crippen molar-refractivity contribution in [2.24, 2.45) is 0 Å². The van der Waals surface area contributed by atoms with Crippen molar-refractivity contribution < 1.29 is 9.15 Å². The first-order valence-corrected chi connectivity index (χ1v) is 12.7. The first-order chi connectivity index (χ1) is 17.8. The maximum atomic E-state index is 6.79. The summed E-state index contributed by atoms with van der Waals surface area (Å²) < 4.78 is 12.7. The number of hydrogen-bond acceptors (Lipinski definition) is 3. The van der Waals surface area contributed by atoms with Crippen LogP contribution in [0.3, 0.4) is 0 Å². The van der Waals surface area contributed by atoms with Gasteiger partial charge in [0.15, 0.2) is 0 Å². The Kier molecular flexibility index (Phi) is 5.82. The van der Waals surface area contributed by atoms with Gasteiger partial charge in [-0.2, -0.15) is 0 Å². The van der Waals surface area contributed by atoms with Gasteiger partial charge in [-0.15, -0.1) is 0 Å². The number of rotatable bonds is 7. The highest BCUT2D eigenvalue weighted by Crippen LogP contribution is 2.46. The Hall–Kier alpha value is -4.24. The zero-order valence-electron chi connectivity index (χ0n) is 20.5. The molecule has 0 radical (unpaired) electrons. The Morgan fingerprint density at radius 3 is 2.22 bits per heavy atom. The van der Waals surface area contributed by atoms with E-state index in [0.29, 0.717) is 12.3 Å². The summed E-state index contributed by atoms with van der Waals surface area (Å²) in [6, 6.07) is 33.3. The standard InChI is InChI=1S/C33H29NO2/c1-2-3-11-20-35-30-21-28(34)31(25-15-8-7-14-24(25)30)27-19-18-23(22-12-5-4-6-13-22)33-32(27)26-16-9-10-17-29(26)36-33/h4-10,12-19,21H,2-3,11,20,34H2,1H3. The second-order valence-corrected chi connectivity index (χ2v) is 9.27. The number of nitrogens with two attached hydrogens (primary N) is 1. The van der Waals surface area contributed by atoms with E-state index in [1.54, 1.807) is 0 Å². The summed E-state index contributed by atoms with van der Waals surface area (Å²) in [7, 11) is 0. The third-order valence-electron chi connectivity index (χ3n) is 6.92. The first kappa shape index (κ1) is 22.2. The Morgan fingerprint density at radius 1 is 0.722 bits per heavy atom. The van der Waals surface area contributed by atoms with Crippen LogP contribution in [-0.4, -0.2) is 6.61 Å². The van der Waals surface area contributed by atoms with Gasteiger partial charge in [0.25, 0.3) is 0 Å². The fourth-order valence-electron chi connectivity index (χ4n) is 5.20. The Morgan fingerprint density at radius 2 is 1.42 bits per heavy atom. The largest absolute Gasteiger partial charge is 0.493 e. The molecule has 36 heavy (non-hydrogen) atoms. The lowest BCUT2D eigenvalue weighted by molar-refractivity contribution is 0.310. The molecule has 0 saturated heterocycles. The SMILES string of the molecule is CCCCCOc1cc(N)c(-c2ccc(-c3ccccc3)c3oc4ccccc4c23)c2ccccc12. The molecule has 1 heterocycles. The number of para-hydroxylation sites is 1. The first-order valence-electron chi connectivity index (χ1n) is 12.7. The number of unbranched alkanes of at least 4 members (excludes halogenated alkanes) is 2. The maximum Gasteiger partial charge on any atom is 0.143 e. The summed E-state index contributed by atoms with van der Waals surface area (Å²) in [4.78, 5) is 0. The minimum absolute atomic E-state index is 0.693. The van der Waals surface area contributed by atoms with Gasteiger partial charge in [0.1, 0.15) is 16.9 Å². The molecule has 3 nitrogen and oxygen atoms in total. The molecule has 5 aromatic carbocycles. The van der Waals surface area contributed by atoms with Crippen LogP contribution in [0.1, 0.15) is 26.2 Å². The van der Waals surface area contributed by atoms with Gasteiger partial charge < -0.3 is 14.9 Å². The number of benzene rings is 5. The fourth-order valence-corrected chi connectivity index (χ4v) is 5.20. The third-order valence-corrected chi connectivity index (χ3v) is 6.92. The van der Waals surface area contributed by atoms with Crippen LogP contribution in [0.25, 0.3) is 55.0 Å². The maximum absolute atomic E-state index is 6.79. The van der Waals surface area contributed by atoms with Crippen molar-refractivity contribution in [2.45, 2.75) is 26.2 Å². The van der Waals surface area contributed by atoms with Crippen molar-refractivity contribution in [1.82, 2.24) is 0 Å². The van der Waals surface area contributed by atoms with Crippen molar-refractivity contribution in [1.29, 1.82) is 0 Å². The predicted octanol–water partition coefficient (Wildman–Crippen LogP) is 9.22. The van der Waals surface area contributed by atoms with Gasteiger partial charge in [0.2, 0.25) is 0 Å². The average Bonchev–Trinajstić information content (AvgIpc) is 3.31. The van der Waals surface area contributed by atoms with E-state index in [1.807, 2.05) is 24.3 Å². The smallest absolute Gasteiger partial charge is 0.143 e. The van der Waals surface area contributed by atoms with Gasteiger partial charge in [-0.3, -0.25) is 0 Å². The van der Waals surface area contributed by atoms with Gasteiger partial charge in [-0.25, -0.2) is 0 Å². The zero-order chi connectivity index (χ0) is 24.5. The van der Waals surface area contributed by atoms with Gasteiger partial charge in [-0.1, -0.05) is 98.6 Å². The van der Waals surface area contributed by atoms with Gasteiger partial charge in [0, 0.05) is 39.0 Å². The number of nitrogen functional groups attached to an aromatic ring is 1. The Balaban J connectivity index is 1.61. The second-order valence-electron chi connectivity index (χ2n) is 9.27. The Bertz CT molecular complexity index is 1680. The van der Waals surface area contributed by atoms with Crippen molar-refractivity contribution in [2.75, 3.05) is 12.3 Å². The quantitative estimate of drug-likeness (QED) is 0.186. The minimum atomic E-state index is 0.693. The van der Waals surface area contributed by atoms with Crippen LogP contribution in [0.15, 0.2) is 101 Å². The van der Waals surface area contributed by atoms with Crippen molar-refractivity contribution in [3.8, 4) is 28.0 Å². The second kappa shape index (κ2) is 9.43. The molecule has 6 aromatic rings. The highest BCUT2D eigenvalue weighted by molar-refractivity contribution is 6.20. The van der Waals surface area contributed by atoms with Crippen LogP contribution in [0.5, 0.6) is 5.75 Å². The van der Waals surface area contributed by atoms with Crippen LogP contribution >= 0.6 is 0 Å². The molecule has 0 aliphatic carbocycles. The summed E-state index contributed by atoms with van der Waals surface area (Å²) in [5.74, 6) is 0.845. The van der Waals surface area contributed by atoms with Crippen LogP contribution < -0.4 is 10.5 Å². The molecular formula is C33H29NO2. The summed E-state index contributed by atoms with van der Waals surface area (Å²) in [5.41, 5.74) is 13.5. The van der Waals surface area contributed by atoms with Crippen LogP contribution in [0.4, 0.5) is 5.69 Å². The number of fused-ring (bicyclic) bond motifs is 4. The van der Waals surface area contributed by atoms with Crippen molar-refractivity contribution >= 4 is 38.4 Å². The molecule has 3 heteroatoms. The van der Waals surface area contributed by atoms with E-state index in [9.17, 15) is 0 Å². The normalized spacial score (nSPS) is 11.5. The molecule has 1 aromatic heterocycles. The highest BCUT2D eigenvalue weighted by Gasteiger charge is 2.21. The Labute approximate surface area is 211 Å². The molecule has 0 bridgehead atoms. The lowest BCUT2D eigenvalue weighted by Crippen LogP contribution is -2.00. The van der Waals surface area contributed by atoms with Gasteiger partial charge >= 0.3 is 0 Å². The van der Waals surface area contributed by atoms with E-state index in [0.717, 1.165) is 73.6 Å². The van der Waals surface area contributed by atoms with E-state index >= 15 is 0 Å².